The molecule has 5 nitrogen and oxygen atoms in total. The van der Waals surface area contributed by atoms with E-state index in [0.717, 1.165) is 36.1 Å². The van der Waals surface area contributed by atoms with Crippen LogP contribution in [0.4, 0.5) is 5.00 Å². The lowest BCUT2D eigenvalue weighted by Gasteiger charge is -2.09. The highest BCUT2D eigenvalue weighted by Crippen LogP contribution is 2.37. The Morgan fingerprint density at radius 3 is 2.79 bits per heavy atom. The van der Waals surface area contributed by atoms with E-state index >= 15 is 0 Å². The van der Waals surface area contributed by atoms with Crippen LogP contribution in [0.25, 0.3) is 6.08 Å². The fourth-order valence-electron chi connectivity index (χ4n) is 2.64. The molecule has 1 aliphatic carbocycles. The number of aryl methyl sites for hydroxylation is 1. The third-order valence-corrected chi connectivity index (χ3v) is 5.54. The van der Waals surface area contributed by atoms with Crippen LogP contribution >= 0.6 is 33.9 Å². The molecule has 1 amide bonds. The second-order valence-corrected chi connectivity index (χ2v) is 7.46. The van der Waals surface area contributed by atoms with Crippen LogP contribution in [0.2, 0.25) is 0 Å². The van der Waals surface area contributed by atoms with Crippen LogP contribution in [0.15, 0.2) is 22.1 Å². The number of furan rings is 1. The van der Waals surface area contributed by atoms with Gasteiger partial charge >= 0.3 is 0 Å². The molecule has 0 aromatic carbocycles. The first-order valence-electron chi connectivity index (χ1n) is 7.35. The molecule has 0 atom stereocenters. The van der Waals surface area contributed by atoms with Gasteiger partial charge < -0.3 is 9.73 Å². The van der Waals surface area contributed by atoms with Gasteiger partial charge in [0.25, 0.3) is 5.91 Å². The Labute approximate surface area is 156 Å². The van der Waals surface area contributed by atoms with Gasteiger partial charge in [0, 0.05) is 11.0 Å². The molecule has 1 aliphatic rings. The molecule has 0 bridgehead atoms. The van der Waals surface area contributed by atoms with Crippen molar-refractivity contribution in [2.75, 3.05) is 5.32 Å². The molecule has 2 aromatic rings. The number of fused-ring (bicyclic) bond motifs is 1. The smallest absolute Gasteiger partial charge is 0.267 e. The molecule has 0 unspecified atom stereocenters. The van der Waals surface area contributed by atoms with E-state index < -0.39 is 5.91 Å². The summed E-state index contributed by atoms with van der Waals surface area (Å²) in [7, 11) is 0. The summed E-state index contributed by atoms with van der Waals surface area (Å²) >= 11 is 3.45. The average molecular weight is 449 g/mol. The quantitative estimate of drug-likeness (QED) is 0.431. The van der Waals surface area contributed by atoms with Crippen molar-refractivity contribution in [3.63, 3.8) is 0 Å². The molecule has 0 aliphatic heterocycles. The summed E-state index contributed by atoms with van der Waals surface area (Å²) in [5, 5.41) is 21.9. The summed E-state index contributed by atoms with van der Waals surface area (Å²) in [6, 6.07) is 7.52. The summed E-state index contributed by atoms with van der Waals surface area (Å²) in [6.45, 7) is 0. The van der Waals surface area contributed by atoms with Crippen molar-refractivity contribution in [3.8, 4) is 12.1 Å². The summed E-state index contributed by atoms with van der Waals surface area (Å²) in [5.74, 6) is -0.0870. The zero-order valence-electron chi connectivity index (χ0n) is 12.6. The monoisotopic (exact) mass is 449 g/mol. The van der Waals surface area contributed by atoms with Crippen molar-refractivity contribution in [1.82, 2.24) is 0 Å². The Balaban J connectivity index is 1.87. The van der Waals surface area contributed by atoms with Crippen molar-refractivity contribution >= 4 is 50.9 Å². The van der Waals surface area contributed by atoms with Crippen LogP contribution in [-0.2, 0) is 17.6 Å². The molecular formula is C17H12IN3O2S. The maximum atomic E-state index is 12.4. The van der Waals surface area contributed by atoms with E-state index in [1.54, 1.807) is 12.1 Å². The van der Waals surface area contributed by atoms with Gasteiger partial charge in [0.05, 0.1) is 5.56 Å². The molecule has 120 valence electrons. The van der Waals surface area contributed by atoms with Crippen LogP contribution in [0, 0.1) is 26.4 Å². The SMILES string of the molecule is N#C/C(=C\c1ccc(I)o1)C(=O)Nc1sc2c(c1C#N)CCCC2. The van der Waals surface area contributed by atoms with Gasteiger partial charge in [0.2, 0.25) is 0 Å². The predicted octanol–water partition coefficient (Wildman–Crippen LogP) is 4.24. The van der Waals surface area contributed by atoms with E-state index in [9.17, 15) is 15.3 Å². The average Bonchev–Trinajstić information content (AvgIpc) is 3.14. The highest BCUT2D eigenvalue weighted by Gasteiger charge is 2.22. The third-order valence-electron chi connectivity index (χ3n) is 3.76. The van der Waals surface area contributed by atoms with Gasteiger partial charge in [-0.15, -0.1) is 11.3 Å². The van der Waals surface area contributed by atoms with E-state index in [2.05, 4.69) is 11.4 Å². The van der Waals surface area contributed by atoms with Gasteiger partial charge in [-0.05, 0) is 66.0 Å². The number of carbonyl (C=O) groups excluding carboxylic acids is 1. The molecule has 0 spiro atoms. The predicted molar refractivity (Wildman–Crippen MR) is 99.3 cm³/mol. The number of nitrogens with one attached hydrogen (secondary N) is 1. The summed E-state index contributed by atoms with van der Waals surface area (Å²) in [5.41, 5.74) is 1.52. The summed E-state index contributed by atoms with van der Waals surface area (Å²) in [6.07, 6.45) is 5.38. The Morgan fingerprint density at radius 1 is 1.33 bits per heavy atom. The molecule has 0 saturated carbocycles. The molecular weight excluding hydrogens is 437 g/mol. The van der Waals surface area contributed by atoms with Crippen molar-refractivity contribution in [3.05, 3.63) is 43.2 Å². The van der Waals surface area contributed by atoms with Gasteiger partial charge in [-0.1, -0.05) is 0 Å². The number of carbonyl (C=O) groups is 1. The molecule has 24 heavy (non-hydrogen) atoms. The van der Waals surface area contributed by atoms with Crippen molar-refractivity contribution in [2.45, 2.75) is 25.7 Å². The number of thiophene rings is 1. The van der Waals surface area contributed by atoms with Gasteiger partial charge in [0.15, 0.2) is 3.77 Å². The first-order valence-corrected chi connectivity index (χ1v) is 9.25. The first-order chi connectivity index (χ1) is 11.6. The molecule has 0 fully saturated rings. The lowest BCUT2D eigenvalue weighted by molar-refractivity contribution is -0.112. The molecule has 2 aromatic heterocycles. The van der Waals surface area contributed by atoms with Crippen LogP contribution in [-0.4, -0.2) is 5.91 Å². The molecule has 1 N–H and O–H groups in total. The number of hydrogen-bond donors (Lipinski definition) is 1. The Morgan fingerprint density at radius 2 is 2.12 bits per heavy atom. The van der Waals surface area contributed by atoms with Crippen LogP contribution in [0.3, 0.4) is 0 Å². The molecule has 2 heterocycles. The second-order valence-electron chi connectivity index (χ2n) is 5.29. The zero-order chi connectivity index (χ0) is 17.1. The number of nitriles is 2. The van der Waals surface area contributed by atoms with Crippen molar-refractivity contribution in [2.24, 2.45) is 0 Å². The zero-order valence-corrected chi connectivity index (χ0v) is 15.5. The normalized spacial score (nSPS) is 13.7. The van der Waals surface area contributed by atoms with E-state index in [-0.39, 0.29) is 5.57 Å². The number of rotatable bonds is 3. The minimum absolute atomic E-state index is 0.0592. The number of amides is 1. The number of hydrogen-bond acceptors (Lipinski definition) is 5. The number of anilines is 1. The maximum Gasteiger partial charge on any atom is 0.267 e. The van der Waals surface area contributed by atoms with Crippen LogP contribution in [0.5, 0.6) is 0 Å². The first kappa shape index (κ1) is 16.7. The van der Waals surface area contributed by atoms with Crippen molar-refractivity contribution < 1.29 is 9.21 Å². The van der Waals surface area contributed by atoms with E-state index in [1.165, 1.54) is 17.4 Å². The Bertz CT molecular complexity index is 911. The Hall–Kier alpha value is -2.10. The second kappa shape index (κ2) is 7.20. The van der Waals surface area contributed by atoms with Crippen LogP contribution < -0.4 is 5.32 Å². The standard InChI is InChI=1S/C17H12IN3O2S/c18-15-6-5-11(23-15)7-10(8-19)16(22)21-17-13(9-20)12-3-1-2-4-14(12)24-17/h5-7H,1-4H2,(H,21,22)/b10-7+. The lowest BCUT2D eigenvalue weighted by atomic mass is 9.96. The largest absolute Gasteiger partial charge is 0.451 e. The molecule has 0 saturated heterocycles. The lowest BCUT2D eigenvalue weighted by Crippen LogP contribution is -2.13. The number of halogens is 1. The minimum Gasteiger partial charge on any atom is -0.451 e. The van der Waals surface area contributed by atoms with Gasteiger partial charge in [-0.3, -0.25) is 4.79 Å². The third kappa shape index (κ3) is 3.37. The van der Waals surface area contributed by atoms with E-state index in [4.69, 9.17) is 4.42 Å². The maximum absolute atomic E-state index is 12.4. The molecule has 3 rings (SSSR count). The fourth-order valence-corrected chi connectivity index (χ4v) is 4.31. The van der Waals surface area contributed by atoms with E-state index in [1.807, 2.05) is 28.7 Å². The topological polar surface area (TPSA) is 89.8 Å². The molecule has 7 heteroatoms. The highest BCUT2D eigenvalue weighted by molar-refractivity contribution is 14.1. The fraction of sp³-hybridized carbons (Fsp3) is 0.235. The molecule has 0 radical (unpaired) electrons. The minimum atomic E-state index is -0.529. The Kier molecular flexibility index (Phi) is 5.03. The van der Waals surface area contributed by atoms with Gasteiger partial charge in [-0.2, -0.15) is 10.5 Å². The van der Waals surface area contributed by atoms with E-state index in [0.29, 0.717) is 20.1 Å². The summed E-state index contributed by atoms with van der Waals surface area (Å²) < 4.78 is 6.03. The highest BCUT2D eigenvalue weighted by atomic mass is 127. The van der Waals surface area contributed by atoms with Gasteiger partial charge in [0.1, 0.15) is 28.5 Å². The van der Waals surface area contributed by atoms with Crippen molar-refractivity contribution in [1.29, 1.82) is 10.5 Å². The van der Waals surface area contributed by atoms with Gasteiger partial charge in [-0.25, -0.2) is 0 Å². The summed E-state index contributed by atoms with van der Waals surface area (Å²) in [4.78, 5) is 13.6. The number of nitrogens with zero attached hydrogens (tertiary/aromatic N) is 2. The van der Waals surface area contributed by atoms with Crippen LogP contribution in [0.1, 0.15) is 34.6 Å².